The van der Waals surface area contributed by atoms with Crippen molar-refractivity contribution >= 4 is 38.4 Å². The number of ketones is 1. The van der Waals surface area contributed by atoms with Crippen LogP contribution in [-0.2, 0) is 21.4 Å². The Kier molecular flexibility index (Phi) is 6.52. The number of pyridine rings is 1. The zero-order valence-electron chi connectivity index (χ0n) is 22.3. The topological polar surface area (TPSA) is 68.1 Å². The molecule has 2 heterocycles. The van der Waals surface area contributed by atoms with Crippen LogP contribution in [0.1, 0.15) is 50.1 Å². The lowest BCUT2D eigenvalue weighted by molar-refractivity contribution is -0.610. The highest BCUT2D eigenvalue weighted by Crippen LogP contribution is 2.47. The highest BCUT2D eigenvalue weighted by atomic mass is 33.1. The molecule has 0 amide bonds. The molecule has 0 spiro atoms. The van der Waals surface area contributed by atoms with Gasteiger partial charge in [0.05, 0.1) is 26.2 Å². The lowest BCUT2D eigenvalue weighted by atomic mass is 9.80. The third-order valence-corrected chi connectivity index (χ3v) is 9.64. The fourth-order valence-corrected chi connectivity index (χ4v) is 7.49. The standard InChI is InChI=1S/C29H32N3O3S2/c1-17-24(16-36-37-19-10-8-9-18(13-19)34-6)32(12-11-25(17)35-7)27-30-22-14-20-21(15-23(22)31-27)29(4,5)26(33)28(20,2)3/h8-15H,16H2,1-7H3,(H,30,31)/q+1. The van der Waals surface area contributed by atoms with Crippen molar-refractivity contribution in [2.75, 3.05) is 14.2 Å². The molecular formula is C29H32N3O3S2+. The normalized spacial score (nSPS) is 15.7. The van der Waals surface area contributed by atoms with Crippen LogP contribution in [-0.4, -0.2) is 30.0 Å². The number of Topliss-reactive ketones (excluding diaryl/α,β-unsaturated/α-hetero) is 1. The Bertz CT molecular complexity index is 1470. The second-order valence-corrected chi connectivity index (χ2v) is 12.8. The van der Waals surface area contributed by atoms with E-state index in [0.29, 0.717) is 0 Å². The van der Waals surface area contributed by atoms with Gasteiger partial charge in [-0.25, -0.2) is 9.55 Å². The third-order valence-electron chi connectivity index (χ3n) is 7.40. The van der Waals surface area contributed by atoms with Crippen molar-refractivity contribution in [3.05, 3.63) is 71.0 Å². The summed E-state index contributed by atoms with van der Waals surface area (Å²) in [7, 11) is 6.84. The number of aromatic nitrogens is 3. The molecule has 0 bridgehead atoms. The second kappa shape index (κ2) is 9.40. The Morgan fingerprint density at radius 1 is 1.00 bits per heavy atom. The smallest absolute Gasteiger partial charge is 0.402 e. The number of hydrogen-bond donors (Lipinski definition) is 1. The van der Waals surface area contributed by atoms with E-state index >= 15 is 0 Å². The van der Waals surface area contributed by atoms with E-state index in [-0.39, 0.29) is 5.78 Å². The predicted octanol–water partition coefficient (Wildman–Crippen LogP) is 6.24. The molecule has 8 heteroatoms. The second-order valence-electron chi connectivity index (χ2n) is 10.4. The molecule has 5 rings (SSSR count). The van der Waals surface area contributed by atoms with Crippen LogP contribution in [0, 0.1) is 6.92 Å². The maximum absolute atomic E-state index is 13.1. The molecule has 6 nitrogen and oxygen atoms in total. The number of imidazole rings is 1. The van der Waals surface area contributed by atoms with E-state index in [9.17, 15) is 4.79 Å². The van der Waals surface area contributed by atoms with Crippen LogP contribution in [0.15, 0.2) is 53.6 Å². The summed E-state index contributed by atoms with van der Waals surface area (Å²) in [6, 6.07) is 14.2. The van der Waals surface area contributed by atoms with Gasteiger partial charge < -0.3 is 9.47 Å². The van der Waals surface area contributed by atoms with Crippen molar-refractivity contribution in [1.29, 1.82) is 0 Å². The molecule has 0 radical (unpaired) electrons. The molecule has 0 unspecified atom stereocenters. The number of rotatable bonds is 7. The first-order valence-corrected chi connectivity index (χ1v) is 14.5. The Morgan fingerprint density at radius 3 is 2.43 bits per heavy atom. The maximum atomic E-state index is 13.1. The highest BCUT2D eigenvalue weighted by molar-refractivity contribution is 8.76. The van der Waals surface area contributed by atoms with Crippen molar-refractivity contribution in [2.24, 2.45) is 0 Å². The fraction of sp³-hybridized carbons (Fsp3) is 0.345. The van der Waals surface area contributed by atoms with Crippen molar-refractivity contribution in [1.82, 2.24) is 9.97 Å². The number of benzene rings is 2. The molecule has 192 valence electrons. The summed E-state index contributed by atoms with van der Waals surface area (Å²) in [6.07, 6.45) is 2.00. The number of fused-ring (bicyclic) bond motifs is 2. The summed E-state index contributed by atoms with van der Waals surface area (Å²) in [4.78, 5) is 22.7. The molecule has 0 fully saturated rings. The maximum Gasteiger partial charge on any atom is 0.402 e. The summed E-state index contributed by atoms with van der Waals surface area (Å²) in [6.45, 7) is 10.1. The molecule has 1 aliphatic carbocycles. The van der Waals surface area contributed by atoms with E-state index in [1.165, 1.54) is 0 Å². The zero-order chi connectivity index (χ0) is 26.5. The quantitative estimate of drug-likeness (QED) is 0.224. The predicted molar refractivity (Wildman–Crippen MR) is 150 cm³/mol. The van der Waals surface area contributed by atoms with Crippen molar-refractivity contribution in [2.45, 2.75) is 56.1 Å². The monoisotopic (exact) mass is 534 g/mol. The number of aromatic amines is 1. The van der Waals surface area contributed by atoms with Gasteiger partial charge in [0.25, 0.3) is 0 Å². The number of carbonyl (C=O) groups excluding carboxylic acids is 1. The number of nitrogens with zero attached hydrogens (tertiary/aromatic N) is 2. The number of H-pyrrole nitrogens is 1. The number of hydrogen-bond acceptors (Lipinski definition) is 6. The first-order chi connectivity index (χ1) is 17.6. The van der Waals surface area contributed by atoms with Crippen LogP contribution in [0.3, 0.4) is 0 Å². The summed E-state index contributed by atoms with van der Waals surface area (Å²) in [5.41, 5.74) is 5.04. The number of carbonyl (C=O) groups is 1. The first-order valence-electron chi connectivity index (χ1n) is 12.2. The summed E-state index contributed by atoms with van der Waals surface area (Å²) < 4.78 is 13.1. The van der Waals surface area contributed by atoms with Crippen molar-refractivity contribution in [3.8, 4) is 17.4 Å². The average molecular weight is 535 g/mol. The van der Waals surface area contributed by atoms with Crippen LogP contribution in [0.5, 0.6) is 11.5 Å². The van der Waals surface area contributed by atoms with E-state index in [1.54, 1.807) is 35.8 Å². The van der Waals surface area contributed by atoms with Crippen LogP contribution in [0.4, 0.5) is 0 Å². The van der Waals surface area contributed by atoms with Gasteiger partial charge >= 0.3 is 5.95 Å². The zero-order valence-corrected chi connectivity index (χ0v) is 23.9. The fourth-order valence-electron chi connectivity index (χ4n) is 5.30. The minimum Gasteiger partial charge on any atom is -0.497 e. The molecule has 2 aromatic heterocycles. The van der Waals surface area contributed by atoms with E-state index < -0.39 is 10.8 Å². The van der Waals surface area contributed by atoms with Gasteiger partial charge in [-0.15, -0.1) is 0 Å². The summed E-state index contributed by atoms with van der Waals surface area (Å²) in [5.74, 6) is 3.42. The molecule has 37 heavy (non-hydrogen) atoms. The van der Waals surface area contributed by atoms with Crippen molar-refractivity contribution in [3.63, 3.8) is 0 Å². The van der Waals surface area contributed by atoms with Gasteiger partial charge in [0.15, 0.2) is 11.3 Å². The van der Waals surface area contributed by atoms with E-state index in [4.69, 9.17) is 14.5 Å². The molecule has 2 aromatic carbocycles. The molecule has 0 saturated carbocycles. The van der Waals surface area contributed by atoms with Gasteiger partial charge in [-0.3, -0.25) is 4.79 Å². The van der Waals surface area contributed by atoms with Gasteiger partial charge in [0, 0.05) is 27.4 Å². The van der Waals surface area contributed by atoms with Gasteiger partial charge in [-0.2, -0.15) is 0 Å². The van der Waals surface area contributed by atoms with Gasteiger partial charge in [0.1, 0.15) is 22.7 Å². The van der Waals surface area contributed by atoms with Crippen LogP contribution in [0.25, 0.3) is 17.0 Å². The largest absolute Gasteiger partial charge is 0.497 e. The lowest BCUT2D eigenvalue weighted by Gasteiger charge is -2.21. The Morgan fingerprint density at radius 2 is 1.73 bits per heavy atom. The lowest BCUT2D eigenvalue weighted by Crippen LogP contribution is -2.37. The third kappa shape index (κ3) is 4.30. The van der Waals surface area contributed by atoms with Crippen LogP contribution in [0.2, 0.25) is 0 Å². The first kappa shape index (κ1) is 25.7. The van der Waals surface area contributed by atoms with E-state index in [1.807, 2.05) is 58.2 Å². The Hall–Kier alpha value is -2.97. The number of methoxy groups -OCH3 is 2. The number of nitrogens with one attached hydrogen (secondary N) is 1. The Balaban J connectivity index is 1.52. The molecule has 0 atom stereocenters. The summed E-state index contributed by atoms with van der Waals surface area (Å²) >= 11 is 0. The molecule has 0 aliphatic heterocycles. The number of ether oxygens (including phenoxy) is 2. The SMILES string of the molecule is COc1cccc(SSCc2c(C)c(OC)cc[n+]2-c2nc3cc4c(cc3[nH]2)C(C)(C)C(=O)C4(C)C)c1. The van der Waals surface area contributed by atoms with Crippen LogP contribution < -0.4 is 14.0 Å². The van der Waals surface area contributed by atoms with E-state index in [0.717, 1.165) is 61.5 Å². The molecule has 0 saturated heterocycles. The van der Waals surface area contributed by atoms with Crippen LogP contribution >= 0.6 is 21.6 Å². The highest BCUT2D eigenvalue weighted by Gasteiger charge is 2.50. The summed E-state index contributed by atoms with van der Waals surface area (Å²) in [5, 5.41) is 0. The van der Waals surface area contributed by atoms with Gasteiger partial charge in [0.2, 0.25) is 0 Å². The Labute approximate surface area is 225 Å². The molecule has 4 aromatic rings. The molecule has 1 N–H and O–H groups in total. The van der Waals surface area contributed by atoms with Gasteiger partial charge in [-0.1, -0.05) is 32.6 Å². The minimum atomic E-state index is -0.533. The molecule has 1 aliphatic rings. The van der Waals surface area contributed by atoms with Crippen molar-refractivity contribution < 1.29 is 18.8 Å². The van der Waals surface area contributed by atoms with Gasteiger partial charge in [-0.05, 0) is 76.1 Å². The molecular weight excluding hydrogens is 502 g/mol. The van der Waals surface area contributed by atoms with E-state index in [2.05, 4.69) is 34.7 Å². The average Bonchev–Trinajstić information content (AvgIpc) is 3.36. The minimum absolute atomic E-state index is 0.246.